The summed E-state index contributed by atoms with van der Waals surface area (Å²) in [7, 11) is -3.57. The number of nitrogens with one attached hydrogen (secondary N) is 1. The Morgan fingerprint density at radius 3 is 2.63 bits per heavy atom. The Morgan fingerprint density at radius 2 is 1.89 bits per heavy atom. The molecule has 3 rings (SSSR count). The number of benzene rings is 2. The van der Waals surface area contributed by atoms with Crippen LogP contribution in [0.2, 0.25) is 0 Å². The minimum atomic E-state index is -3.57. The highest BCUT2D eigenvalue weighted by Gasteiger charge is 2.26. The van der Waals surface area contributed by atoms with E-state index in [4.69, 9.17) is 4.74 Å². The molecule has 0 bridgehead atoms. The summed E-state index contributed by atoms with van der Waals surface area (Å²) >= 11 is 0. The summed E-state index contributed by atoms with van der Waals surface area (Å²) in [4.78, 5) is 12.8. The molecule has 0 aromatic heterocycles. The van der Waals surface area contributed by atoms with E-state index in [9.17, 15) is 13.2 Å². The minimum Gasteiger partial charge on any atom is -0.492 e. The maximum Gasteiger partial charge on any atom is 0.243 e. The van der Waals surface area contributed by atoms with Gasteiger partial charge in [0.2, 0.25) is 15.9 Å². The van der Waals surface area contributed by atoms with Gasteiger partial charge in [-0.05, 0) is 36.2 Å². The SMILES string of the molecule is CCN(CC)S(=O)(=O)c1cccc(NC(=O)[C@H]2COc3ccccc3C2)c1. The van der Waals surface area contributed by atoms with Crippen molar-refractivity contribution in [2.45, 2.75) is 25.2 Å². The number of para-hydroxylation sites is 1. The zero-order valence-electron chi connectivity index (χ0n) is 15.5. The van der Waals surface area contributed by atoms with Crippen LogP contribution in [-0.2, 0) is 21.2 Å². The third-order valence-electron chi connectivity index (χ3n) is 4.69. The Kier molecular flexibility index (Phi) is 5.82. The first-order valence-corrected chi connectivity index (χ1v) is 10.5. The molecule has 2 aromatic carbocycles. The molecule has 1 amide bonds. The second-order valence-electron chi connectivity index (χ2n) is 6.43. The maximum atomic E-state index is 12.7. The molecule has 0 unspecified atom stereocenters. The molecule has 2 aromatic rings. The quantitative estimate of drug-likeness (QED) is 0.826. The Bertz CT molecular complexity index is 923. The van der Waals surface area contributed by atoms with Crippen molar-refractivity contribution in [3.05, 3.63) is 54.1 Å². The highest BCUT2D eigenvalue weighted by atomic mass is 32.2. The van der Waals surface area contributed by atoms with Crippen LogP contribution in [0.5, 0.6) is 5.75 Å². The summed E-state index contributed by atoms with van der Waals surface area (Å²) in [6, 6.07) is 14.0. The van der Waals surface area contributed by atoms with Gasteiger partial charge in [0, 0.05) is 18.8 Å². The average molecular weight is 388 g/mol. The van der Waals surface area contributed by atoms with Gasteiger partial charge in [0.25, 0.3) is 0 Å². The highest BCUT2D eigenvalue weighted by molar-refractivity contribution is 7.89. The fourth-order valence-electron chi connectivity index (χ4n) is 3.19. The number of ether oxygens (including phenoxy) is 1. The van der Waals surface area contributed by atoms with Crippen LogP contribution in [-0.4, -0.2) is 38.3 Å². The molecular weight excluding hydrogens is 364 g/mol. The van der Waals surface area contributed by atoms with E-state index in [2.05, 4.69) is 5.32 Å². The maximum absolute atomic E-state index is 12.7. The Morgan fingerprint density at radius 1 is 1.15 bits per heavy atom. The van der Waals surface area contributed by atoms with Crippen molar-refractivity contribution in [3.63, 3.8) is 0 Å². The van der Waals surface area contributed by atoms with E-state index in [-0.39, 0.29) is 16.7 Å². The van der Waals surface area contributed by atoms with E-state index in [0.29, 0.717) is 31.8 Å². The molecule has 0 aliphatic carbocycles. The van der Waals surface area contributed by atoms with E-state index < -0.39 is 10.0 Å². The van der Waals surface area contributed by atoms with Crippen LogP contribution in [0.4, 0.5) is 5.69 Å². The van der Waals surface area contributed by atoms with Gasteiger partial charge in [0.15, 0.2) is 0 Å². The minimum absolute atomic E-state index is 0.175. The topological polar surface area (TPSA) is 75.7 Å². The van der Waals surface area contributed by atoms with E-state index in [1.807, 2.05) is 24.3 Å². The number of sulfonamides is 1. The number of carbonyl (C=O) groups excluding carboxylic acids is 1. The number of nitrogens with zero attached hydrogens (tertiary/aromatic N) is 1. The number of anilines is 1. The standard InChI is InChI=1S/C20H24N2O4S/c1-3-22(4-2)27(24,25)18-10-7-9-17(13-18)21-20(23)16-12-15-8-5-6-11-19(15)26-14-16/h5-11,13,16H,3-4,12,14H2,1-2H3,(H,21,23)/t16-/m1/s1. The van der Waals surface area contributed by atoms with Crippen molar-refractivity contribution >= 4 is 21.6 Å². The lowest BCUT2D eigenvalue weighted by atomic mass is 9.96. The van der Waals surface area contributed by atoms with E-state index >= 15 is 0 Å². The number of fused-ring (bicyclic) bond motifs is 1. The molecule has 6 nitrogen and oxygen atoms in total. The average Bonchev–Trinajstić information content (AvgIpc) is 2.68. The van der Waals surface area contributed by atoms with Gasteiger partial charge in [0.05, 0.1) is 10.8 Å². The van der Waals surface area contributed by atoms with Crippen molar-refractivity contribution in [2.24, 2.45) is 5.92 Å². The number of carbonyl (C=O) groups is 1. The second-order valence-corrected chi connectivity index (χ2v) is 8.36. The van der Waals surface area contributed by atoms with Crippen molar-refractivity contribution in [3.8, 4) is 5.75 Å². The number of hydrogen-bond acceptors (Lipinski definition) is 4. The number of hydrogen-bond donors (Lipinski definition) is 1. The Hall–Kier alpha value is -2.38. The molecule has 0 saturated carbocycles. The fourth-order valence-corrected chi connectivity index (χ4v) is 4.69. The highest BCUT2D eigenvalue weighted by Crippen LogP contribution is 2.28. The lowest BCUT2D eigenvalue weighted by Crippen LogP contribution is -2.33. The summed E-state index contributed by atoms with van der Waals surface area (Å²) in [5.74, 6) is 0.318. The first-order valence-electron chi connectivity index (χ1n) is 9.07. The van der Waals surface area contributed by atoms with Crippen LogP contribution >= 0.6 is 0 Å². The monoisotopic (exact) mass is 388 g/mol. The van der Waals surface area contributed by atoms with Crippen molar-refractivity contribution in [2.75, 3.05) is 25.0 Å². The molecule has 0 spiro atoms. The summed E-state index contributed by atoms with van der Waals surface area (Å²) in [5.41, 5.74) is 1.47. The molecule has 1 aliphatic rings. The largest absolute Gasteiger partial charge is 0.492 e. The molecule has 27 heavy (non-hydrogen) atoms. The Balaban J connectivity index is 1.74. The molecule has 0 fully saturated rings. The van der Waals surface area contributed by atoms with Crippen LogP contribution in [0, 0.1) is 5.92 Å². The van der Waals surface area contributed by atoms with Crippen molar-refractivity contribution in [1.82, 2.24) is 4.31 Å². The first kappa shape index (κ1) is 19.4. The summed E-state index contributed by atoms with van der Waals surface area (Å²) in [5, 5.41) is 2.83. The van der Waals surface area contributed by atoms with E-state index in [1.54, 1.807) is 32.0 Å². The predicted molar refractivity (Wildman–Crippen MR) is 104 cm³/mol. The number of amides is 1. The van der Waals surface area contributed by atoms with Crippen molar-refractivity contribution < 1.29 is 17.9 Å². The lowest BCUT2D eigenvalue weighted by Gasteiger charge is -2.24. The first-order chi connectivity index (χ1) is 13.0. The molecule has 144 valence electrons. The third-order valence-corrected chi connectivity index (χ3v) is 6.74. The van der Waals surface area contributed by atoms with Gasteiger partial charge in [-0.3, -0.25) is 4.79 Å². The molecule has 7 heteroatoms. The Labute approximate surface area is 160 Å². The molecule has 0 radical (unpaired) electrons. The predicted octanol–water partition coefficient (Wildman–Crippen LogP) is 2.91. The van der Waals surface area contributed by atoms with Gasteiger partial charge >= 0.3 is 0 Å². The van der Waals surface area contributed by atoms with Crippen LogP contribution in [0.25, 0.3) is 0 Å². The molecular formula is C20H24N2O4S. The molecule has 1 atom stereocenters. The molecule has 1 N–H and O–H groups in total. The van der Waals surface area contributed by atoms with Gasteiger partial charge in [-0.1, -0.05) is 38.1 Å². The summed E-state index contributed by atoms with van der Waals surface area (Å²) in [6.45, 7) is 4.70. The summed E-state index contributed by atoms with van der Waals surface area (Å²) in [6.07, 6.45) is 0.597. The van der Waals surface area contributed by atoms with E-state index in [1.165, 1.54) is 10.4 Å². The van der Waals surface area contributed by atoms with E-state index in [0.717, 1.165) is 11.3 Å². The van der Waals surface area contributed by atoms with Gasteiger partial charge in [0.1, 0.15) is 12.4 Å². The van der Waals surface area contributed by atoms with Crippen molar-refractivity contribution in [1.29, 1.82) is 0 Å². The van der Waals surface area contributed by atoms with Crippen LogP contribution < -0.4 is 10.1 Å². The van der Waals surface area contributed by atoms with Crippen LogP contribution in [0.3, 0.4) is 0 Å². The second kappa shape index (κ2) is 8.10. The fraction of sp³-hybridized carbons (Fsp3) is 0.350. The normalized spacial score (nSPS) is 16.5. The number of rotatable bonds is 6. The van der Waals surface area contributed by atoms with Gasteiger partial charge in [-0.15, -0.1) is 0 Å². The zero-order chi connectivity index (χ0) is 19.4. The zero-order valence-corrected chi connectivity index (χ0v) is 16.3. The van der Waals surface area contributed by atoms with Gasteiger partial charge < -0.3 is 10.1 Å². The molecule has 1 heterocycles. The molecule has 0 saturated heterocycles. The van der Waals surface area contributed by atoms with Gasteiger partial charge in [-0.25, -0.2) is 8.42 Å². The smallest absolute Gasteiger partial charge is 0.243 e. The lowest BCUT2D eigenvalue weighted by molar-refractivity contribution is -0.121. The van der Waals surface area contributed by atoms with Crippen LogP contribution in [0.1, 0.15) is 19.4 Å². The third kappa shape index (κ3) is 4.14. The van der Waals surface area contributed by atoms with Gasteiger partial charge in [-0.2, -0.15) is 4.31 Å². The van der Waals surface area contributed by atoms with Crippen LogP contribution in [0.15, 0.2) is 53.4 Å². The summed E-state index contributed by atoms with van der Waals surface area (Å²) < 4.78 is 32.4. The molecule has 1 aliphatic heterocycles.